The third-order valence-electron chi connectivity index (χ3n) is 11.6. The monoisotopic (exact) mass is 894 g/mol. The highest BCUT2D eigenvalue weighted by Gasteiger charge is 2.24. The summed E-state index contributed by atoms with van der Waals surface area (Å²) in [5.41, 5.74) is 2.47. The molecule has 0 amide bonds. The van der Waals surface area contributed by atoms with Gasteiger partial charge in [0.1, 0.15) is 34.5 Å². The van der Waals surface area contributed by atoms with Gasteiger partial charge in [-0.2, -0.15) is 0 Å². The average Bonchev–Trinajstić information content (AvgIpc) is 3.38. The molecule has 330 valence electrons. The largest absolute Gasteiger partial charge is 0.497 e. The Kier molecular flexibility index (Phi) is 11.5. The van der Waals surface area contributed by atoms with Crippen LogP contribution in [0.4, 0.5) is 0 Å². The van der Waals surface area contributed by atoms with Crippen LogP contribution in [0.2, 0.25) is 0 Å². The molecule has 10 rings (SSSR count). The average molecular weight is 895 g/mol. The van der Waals surface area contributed by atoms with Crippen LogP contribution in [0.5, 0.6) is 34.5 Å². The van der Waals surface area contributed by atoms with Crippen LogP contribution in [0.3, 0.4) is 0 Å². The van der Waals surface area contributed by atoms with Crippen molar-refractivity contribution in [3.63, 3.8) is 0 Å². The van der Waals surface area contributed by atoms with Gasteiger partial charge < -0.3 is 28.4 Å². The molecule has 0 aromatic heterocycles. The van der Waals surface area contributed by atoms with E-state index >= 15 is 0 Å². The lowest BCUT2D eigenvalue weighted by molar-refractivity contribution is 0.0723. The number of rotatable bonds is 11. The molecule has 10 aromatic rings. The molecule has 10 nitrogen and oxygen atoms in total. The van der Waals surface area contributed by atoms with Crippen LogP contribution in [0.15, 0.2) is 194 Å². The predicted octanol–water partition coefficient (Wildman–Crippen LogP) is 12.9. The normalized spacial score (nSPS) is 11.0. The van der Waals surface area contributed by atoms with Crippen molar-refractivity contribution in [2.45, 2.75) is 0 Å². The van der Waals surface area contributed by atoms with Crippen LogP contribution in [0, 0.1) is 0 Å². The van der Waals surface area contributed by atoms with Crippen molar-refractivity contribution in [2.24, 2.45) is 0 Å². The first-order valence-electron chi connectivity index (χ1n) is 21.5. The third kappa shape index (κ3) is 8.65. The molecule has 0 atom stereocenters. The van der Waals surface area contributed by atoms with Crippen LogP contribution in [-0.4, -0.2) is 38.1 Å². The predicted molar refractivity (Wildman–Crippen MR) is 261 cm³/mol. The van der Waals surface area contributed by atoms with Gasteiger partial charge in [-0.3, -0.25) is 0 Å². The Morgan fingerprint density at radius 3 is 1.03 bits per heavy atom. The first kappa shape index (κ1) is 42.7. The minimum absolute atomic E-state index is 0.262. The maximum absolute atomic E-state index is 14.2. The molecular weight excluding hydrogens is 857 g/mol. The van der Waals surface area contributed by atoms with E-state index in [2.05, 4.69) is 0 Å². The summed E-state index contributed by atoms with van der Waals surface area (Å²) in [4.78, 5) is 54.0. The van der Waals surface area contributed by atoms with Gasteiger partial charge in [-0.25, -0.2) is 19.2 Å². The van der Waals surface area contributed by atoms with Crippen molar-refractivity contribution in [1.29, 1.82) is 0 Å². The summed E-state index contributed by atoms with van der Waals surface area (Å²) in [6.45, 7) is 0. The van der Waals surface area contributed by atoms with Crippen LogP contribution in [-0.2, 0) is 0 Å². The van der Waals surface area contributed by atoms with Gasteiger partial charge in [0.15, 0.2) is 0 Å². The van der Waals surface area contributed by atoms with E-state index in [0.29, 0.717) is 56.4 Å². The number of ether oxygens (including phenoxy) is 6. The molecular formula is C58H38O10. The maximum atomic E-state index is 14.2. The summed E-state index contributed by atoms with van der Waals surface area (Å²) in [6.07, 6.45) is 0. The SMILES string of the molecule is COc1ccc(C(=O)Oc2ccc3cc(C(=O)Oc4ccc5ccccc5c4-c4c(OC(=O)c5ccc6cc(OC(=O)c7ccc(OC)cc7)ccc6c5)ccc5ccccc45)ccc3c2)cc1. The van der Waals surface area contributed by atoms with Gasteiger partial charge in [0.05, 0.1) is 36.5 Å². The second kappa shape index (κ2) is 18.3. The molecule has 0 saturated carbocycles. The van der Waals surface area contributed by atoms with Gasteiger partial charge in [-0.1, -0.05) is 84.9 Å². The van der Waals surface area contributed by atoms with Gasteiger partial charge >= 0.3 is 23.9 Å². The zero-order chi connectivity index (χ0) is 46.7. The fraction of sp³-hybridized carbons (Fsp3) is 0.0345. The summed E-state index contributed by atoms with van der Waals surface area (Å²) >= 11 is 0. The fourth-order valence-electron chi connectivity index (χ4n) is 8.12. The number of carbonyl (C=O) groups is 4. The van der Waals surface area contributed by atoms with Crippen molar-refractivity contribution in [1.82, 2.24) is 0 Å². The first-order valence-corrected chi connectivity index (χ1v) is 21.5. The Balaban J connectivity index is 0.940. The Bertz CT molecular complexity index is 3380. The summed E-state index contributed by atoms with van der Waals surface area (Å²) in [5, 5.41) is 6.26. The Hall–Kier alpha value is -9.28. The highest BCUT2D eigenvalue weighted by atomic mass is 16.5. The zero-order valence-electron chi connectivity index (χ0n) is 36.6. The molecule has 0 spiro atoms. The van der Waals surface area contributed by atoms with Gasteiger partial charge in [-0.15, -0.1) is 0 Å². The third-order valence-corrected chi connectivity index (χ3v) is 11.6. The summed E-state index contributed by atoms with van der Waals surface area (Å²) in [6, 6.07) is 56.7. The second-order valence-corrected chi connectivity index (χ2v) is 15.8. The fourth-order valence-corrected chi connectivity index (χ4v) is 8.12. The van der Waals surface area contributed by atoms with Crippen LogP contribution >= 0.6 is 0 Å². The van der Waals surface area contributed by atoms with Crippen molar-refractivity contribution < 1.29 is 47.6 Å². The summed E-state index contributed by atoms with van der Waals surface area (Å²) < 4.78 is 34.3. The van der Waals surface area contributed by atoms with Crippen molar-refractivity contribution in [3.05, 3.63) is 216 Å². The van der Waals surface area contributed by atoms with E-state index in [4.69, 9.17) is 28.4 Å². The molecule has 0 radical (unpaired) electrons. The standard InChI is InChI=1S/C58H38O10/c1-63-45-23-15-37(16-24-45)55(59)65-47-27-19-39-31-43(13-11-41(39)33-47)57(61)67-51-29-21-35-7-3-5-9-49(35)53(51)54-50-10-6-4-8-36(50)22-30-52(54)68-58(62)44-14-12-42-34-48(28-20-40(42)32-44)66-56(60)38-17-25-46(64-2)26-18-38/h3-34H,1-2H3. The minimum atomic E-state index is -0.605. The van der Waals surface area contributed by atoms with Crippen molar-refractivity contribution >= 4 is 67.0 Å². The quantitative estimate of drug-likeness (QED) is 0.0915. The lowest BCUT2D eigenvalue weighted by Crippen LogP contribution is -2.11. The van der Waals surface area contributed by atoms with Crippen molar-refractivity contribution in [2.75, 3.05) is 14.2 Å². The van der Waals surface area contributed by atoms with E-state index in [0.717, 1.165) is 43.1 Å². The van der Waals surface area contributed by atoms with Gasteiger partial charge in [-0.05, 0) is 152 Å². The highest BCUT2D eigenvalue weighted by Crippen LogP contribution is 2.46. The van der Waals surface area contributed by atoms with Crippen molar-refractivity contribution in [3.8, 4) is 45.6 Å². The van der Waals surface area contributed by atoms with Gasteiger partial charge in [0.2, 0.25) is 0 Å². The number of carbonyl (C=O) groups excluding carboxylic acids is 4. The molecule has 0 saturated heterocycles. The Morgan fingerprint density at radius 2 is 0.618 bits per heavy atom. The molecule has 0 unspecified atom stereocenters. The second-order valence-electron chi connectivity index (χ2n) is 15.8. The topological polar surface area (TPSA) is 124 Å². The molecule has 0 fully saturated rings. The number of hydrogen-bond acceptors (Lipinski definition) is 10. The molecule has 0 aliphatic rings. The summed E-state index contributed by atoms with van der Waals surface area (Å²) in [7, 11) is 3.11. The molecule has 0 N–H and O–H groups in total. The summed E-state index contributed by atoms with van der Waals surface area (Å²) in [5.74, 6) is 0.236. The van der Waals surface area contributed by atoms with E-state index in [1.54, 1.807) is 148 Å². The molecule has 10 heteroatoms. The van der Waals surface area contributed by atoms with E-state index in [-0.39, 0.29) is 11.5 Å². The Labute approximate surface area is 389 Å². The molecule has 0 aliphatic heterocycles. The molecule has 10 aromatic carbocycles. The number of fused-ring (bicyclic) bond motifs is 4. The zero-order valence-corrected chi connectivity index (χ0v) is 36.6. The lowest BCUT2D eigenvalue weighted by Gasteiger charge is -2.19. The number of benzene rings is 10. The van der Waals surface area contributed by atoms with Crippen LogP contribution < -0.4 is 28.4 Å². The maximum Gasteiger partial charge on any atom is 0.343 e. The molecule has 0 bridgehead atoms. The van der Waals surface area contributed by atoms with E-state index < -0.39 is 23.9 Å². The van der Waals surface area contributed by atoms with Crippen LogP contribution in [0.25, 0.3) is 54.2 Å². The number of methoxy groups -OCH3 is 2. The Morgan fingerprint density at radius 1 is 0.294 bits per heavy atom. The minimum Gasteiger partial charge on any atom is -0.497 e. The van der Waals surface area contributed by atoms with E-state index in [9.17, 15) is 19.2 Å². The van der Waals surface area contributed by atoms with E-state index in [1.807, 2.05) is 60.7 Å². The van der Waals surface area contributed by atoms with Crippen LogP contribution in [0.1, 0.15) is 41.4 Å². The van der Waals surface area contributed by atoms with Gasteiger partial charge in [0.25, 0.3) is 0 Å². The lowest BCUT2D eigenvalue weighted by atomic mass is 9.92. The smallest absolute Gasteiger partial charge is 0.343 e. The molecule has 68 heavy (non-hydrogen) atoms. The molecule has 0 heterocycles. The van der Waals surface area contributed by atoms with Gasteiger partial charge in [0, 0.05) is 11.1 Å². The number of esters is 4. The number of hydrogen-bond donors (Lipinski definition) is 0. The molecule has 0 aliphatic carbocycles. The van der Waals surface area contributed by atoms with E-state index in [1.165, 1.54) is 0 Å². The highest BCUT2D eigenvalue weighted by molar-refractivity contribution is 6.11. The first-order chi connectivity index (χ1) is 33.2.